The molecular weight excluding hydrogens is 223 g/mol. The molecule has 0 atom stereocenters. The molecule has 7 heteroatoms. The Morgan fingerprint density at radius 3 is 2.29 bits per heavy atom. The number of hydrogen-bond acceptors (Lipinski definition) is 2. The molecule has 0 aromatic heterocycles. The molecule has 0 fully saturated rings. The third-order valence-corrected chi connectivity index (χ3v) is 1.41. The first-order valence-electron chi connectivity index (χ1n) is 3.85. The second kappa shape index (κ2) is 7.92. The molecule has 0 saturated carbocycles. The maximum atomic E-state index is 11.9. The van der Waals surface area contributed by atoms with Gasteiger partial charge in [0.1, 0.15) is 0 Å². The van der Waals surface area contributed by atoms with E-state index < -0.39 is 18.4 Å². The summed E-state index contributed by atoms with van der Waals surface area (Å²) in [4.78, 5) is 10.2. The van der Waals surface area contributed by atoms with Crippen LogP contribution in [-0.2, 0) is 9.53 Å². The van der Waals surface area contributed by atoms with E-state index in [0.29, 0.717) is 0 Å². The Bertz CT molecular complexity index is 206. The van der Waals surface area contributed by atoms with E-state index in [4.69, 9.17) is 0 Å². The van der Waals surface area contributed by atoms with Crippen molar-refractivity contribution in [1.82, 2.24) is 0 Å². The minimum absolute atomic E-state index is 0. The predicted molar refractivity (Wildman–Crippen MR) is 44.1 cm³/mol. The molecule has 14 heavy (non-hydrogen) atoms. The number of hydrogen-bond donors (Lipinski definition) is 0. The standard InChI is InChI=1S/C7H11BF3O2.K/c1-6(8(9,10)11)4-3-5-13-7(2)12;/h1,3-5H2,2H3;/q-1;+1. The van der Waals surface area contributed by atoms with Crippen molar-refractivity contribution in [3.8, 4) is 0 Å². The SMILES string of the molecule is C=C(CCCOC(C)=O)[B-](F)(F)F.[K+]. The Labute approximate surface area is 124 Å². The van der Waals surface area contributed by atoms with Gasteiger partial charge in [-0.25, -0.2) is 0 Å². The minimum Gasteiger partial charge on any atom is -0.466 e. The summed E-state index contributed by atoms with van der Waals surface area (Å²) < 4.78 is 40.1. The Balaban J connectivity index is 0. The van der Waals surface area contributed by atoms with Gasteiger partial charge in [-0.1, -0.05) is 6.42 Å². The topological polar surface area (TPSA) is 26.3 Å². The van der Waals surface area contributed by atoms with Crippen LogP contribution in [0.5, 0.6) is 0 Å². The van der Waals surface area contributed by atoms with Crippen molar-refractivity contribution in [2.24, 2.45) is 0 Å². The van der Waals surface area contributed by atoms with Crippen molar-refractivity contribution in [2.75, 3.05) is 6.61 Å². The van der Waals surface area contributed by atoms with Gasteiger partial charge in [-0.15, -0.1) is 12.1 Å². The first kappa shape index (κ1) is 17.1. The molecule has 0 saturated heterocycles. The molecule has 0 aromatic carbocycles. The number of esters is 1. The van der Waals surface area contributed by atoms with Crippen LogP contribution in [0.2, 0.25) is 0 Å². The Kier molecular flexibility index (Phi) is 9.68. The van der Waals surface area contributed by atoms with Gasteiger partial charge in [0.15, 0.2) is 0 Å². The molecule has 76 valence electrons. The molecule has 0 amide bonds. The predicted octanol–water partition coefficient (Wildman–Crippen LogP) is -0.724. The van der Waals surface area contributed by atoms with E-state index in [-0.39, 0.29) is 70.8 Å². The maximum Gasteiger partial charge on any atom is 1.00 e. The number of carbonyl (C=O) groups excluding carboxylic acids is 1. The van der Waals surface area contributed by atoms with Gasteiger partial charge in [0.05, 0.1) is 6.61 Å². The van der Waals surface area contributed by atoms with E-state index in [1.165, 1.54) is 6.92 Å². The van der Waals surface area contributed by atoms with E-state index in [1.54, 1.807) is 0 Å². The molecule has 0 rings (SSSR count). The molecule has 0 bridgehead atoms. The molecule has 2 nitrogen and oxygen atoms in total. The van der Waals surface area contributed by atoms with Gasteiger partial charge in [0.2, 0.25) is 0 Å². The summed E-state index contributed by atoms with van der Waals surface area (Å²) in [7, 11) is 0. The third kappa shape index (κ3) is 9.26. The zero-order valence-electron chi connectivity index (χ0n) is 8.36. The number of halogens is 3. The Hall–Kier alpha value is 0.701. The fourth-order valence-corrected chi connectivity index (χ4v) is 0.679. The van der Waals surface area contributed by atoms with E-state index in [2.05, 4.69) is 11.3 Å². The number of rotatable bonds is 5. The Morgan fingerprint density at radius 2 is 1.93 bits per heavy atom. The van der Waals surface area contributed by atoms with Gasteiger partial charge in [-0.05, 0) is 6.42 Å². The van der Waals surface area contributed by atoms with Crippen LogP contribution >= 0.6 is 0 Å². The minimum atomic E-state index is -4.94. The summed E-state index contributed by atoms with van der Waals surface area (Å²) in [5, 5.41) is 0. The third-order valence-electron chi connectivity index (χ3n) is 1.41. The van der Waals surface area contributed by atoms with Crippen molar-refractivity contribution in [2.45, 2.75) is 19.8 Å². The summed E-state index contributed by atoms with van der Waals surface area (Å²) in [5.74, 6) is -0.483. The Morgan fingerprint density at radius 1 is 1.43 bits per heavy atom. The van der Waals surface area contributed by atoms with Crippen LogP contribution in [0.3, 0.4) is 0 Å². The quantitative estimate of drug-likeness (QED) is 0.356. The first-order valence-corrected chi connectivity index (χ1v) is 3.85. The van der Waals surface area contributed by atoms with Gasteiger partial charge in [-0.3, -0.25) is 4.79 Å². The van der Waals surface area contributed by atoms with Crippen molar-refractivity contribution < 1.29 is 73.9 Å². The number of carbonyl (C=O) groups is 1. The molecular formula is C7H11BF3KO2. The summed E-state index contributed by atoms with van der Waals surface area (Å²) in [6.07, 6.45) is -0.00352. The number of allylic oxidation sites excluding steroid dienone is 1. The van der Waals surface area contributed by atoms with Gasteiger partial charge in [0, 0.05) is 6.92 Å². The second-order valence-electron chi connectivity index (χ2n) is 2.68. The van der Waals surface area contributed by atoms with E-state index in [0.717, 1.165) is 0 Å². The van der Waals surface area contributed by atoms with Crippen molar-refractivity contribution >= 4 is 12.9 Å². The summed E-state index contributed by atoms with van der Waals surface area (Å²) in [5.41, 5.74) is -0.729. The van der Waals surface area contributed by atoms with Crippen LogP contribution in [-0.4, -0.2) is 19.6 Å². The first-order chi connectivity index (χ1) is 5.84. The van der Waals surface area contributed by atoms with Crippen LogP contribution in [0.1, 0.15) is 19.8 Å². The van der Waals surface area contributed by atoms with Crippen LogP contribution in [0.25, 0.3) is 0 Å². The molecule has 0 N–H and O–H groups in total. The van der Waals surface area contributed by atoms with E-state index in [1.807, 2.05) is 0 Å². The van der Waals surface area contributed by atoms with Gasteiger partial charge in [0.25, 0.3) is 0 Å². The zero-order valence-corrected chi connectivity index (χ0v) is 11.5. The molecule has 0 spiro atoms. The fraction of sp³-hybridized carbons (Fsp3) is 0.571. The molecule has 0 aromatic rings. The van der Waals surface area contributed by atoms with Gasteiger partial charge < -0.3 is 17.7 Å². The maximum absolute atomic E-state index is 11.9. The van der Waals surface area contributed by atoms with Crippen molar-refractivity contribution in [1.29, 1.82) is 0 Å². The molecule has 0 radical (unpaired) electrons. The fourth-order valence-electron chi connectivity index (χ4n) is 0.679. The smallest absolute Gasteiger partial charge is 0.466 e. The van der Waals surface area contributed by atoms with E-state index >= 15 is 0 Å². The van der Waals surface area contributed by atoms with Crippen molar-refractivity contribution in [3.63, 3.8) is 0 Å². The average molecular weight is 234 g/mol. The molecule has 0 unspecified atom stereocenters. The average Bonchev–Trinajstić information content (AvgIpc) is 1.95. The van der Waals surface area contributed by atoms with Crippen molar-refractivity contribution in [3.05, 3.63) is 12.1 Å². The molecule has 0 aliphatic heterocycles. The summed E-state index contributed by atoms with van der Waals surface area (Å²) >= 11 is 0. The van der Waals surface area contributed by atoms with Gasteiger partial charge >= 0.3 is 64.3 Å². The molecule has 0 aliphatic carbocycles. The van der Waals surface area contributed by atoms with E-state index in [9.17, 15) is 17.7 Å². The normalized spacial score (nSPS) is 10.3. The monoisotopic (exact) mass is 234 g/mol. The second-order valence-corrected chi connectivity index (χ2v) is 2.68. The van der Waals surface area contributed by atoms with Crippen LogP contribution in [0.4, 0.5) is 12.9 Å². The summed E-state index contributed by atoms with van der Waals surface area (Å²) in [6.45, 7) is -0.808. The number of ether oxygens (including phenoxy) is 1. The van der Waals surface area contributed by atoms with Gasteiger partial charge in [-0.2, -0.15) is 0 Å². The summed E-state index contributed by atoms with van der Waals surface area (Å²) in [6, 6.07) is 0. The molecule has 0 heterocycles. The largest absolute Gasteiger partial charge is 1.00 e. The zero-order chi connectivity index (χ0) is 10.5. The van der Waals surface area contributed by atoms with Crippen LogP contribution < -0.4 is 51.4 Å². The van der Waals surface area contributed by atoms with Crippen LogP contribution in [0, 0.1) is 0 Å². The van der Waals surface area contributed by atoms with Crippen LogP contribution in [0.15, 0.2) is 12.1 Å². The molecule has 0 aliphatic rings.